The molecule has 12 heteroatoms. The average Bonchev–Trinajstić information content (AvgIpc) is 2.94. The van der Waals surface area contributed by atoms with Crippen LogP contribution < -0.4 is 21.9 Å². The lowest BCUT2D eigenvalue weighted by atomic mass is 10.2. The summed E-state index contributed by atoms with van der Waals surface area (Å²) < 4.78 is 41.2. The number of unbranched alkanes of at least 4 members (excludes halogenated alkanes) is 1. The fourth-order valence-electron chi connectivity index (χ4n) is 4.32. The quantitative estimate of drug-likeness (QED) is 0.256. The van der Waals surface area contributed by atoms with Gasteiger partial charge in [0.25, 0.3) is 5.56 Å². The Labute approximate surface area is 237 Å². The summed E-state index contributed by atoms with van der Waals surface area (Å²) in [7, 11) is 0. The Bertz CT molecular complexity index is 1700. The molecule has 0 fully saturated rings. The molecule has 4 aromatic rings. The molecule has 0 bridgehead atoms. The number of carbonyl (C=O) groups is 2. The normalized spacial score (nSPS) is 11.4. The third-order valence-corrected chi connectivity index (χ3v) is 6.75. The van der Waals surface area contributed by atoms with Gasteiger partial charge in [-0.1, -0.05) is 48.0 Å². The molecule has 1 heterocycles. The zero-order chi connectivity index (χ0) is 29.6. The molecule has 2 N–H and O–H groups in total. The van der Waals surface area contributed by atoms with E-state index in [1.54, 1.807) is 30.3 Å². The lowest BCUT2D eigenvalue weighted by Crippen LogP contribution is -2.41. The van der Waals surface area contributed by atoms with Crippen molar-refractivity contribution >= 4 is 40.0 Å². The van der Waals surface area contributed by atoms with E-state index in [0.29, 0.717) is 17.9 Å². The standard InChI is InChI=1S/C29H26ClF3N4O4/c30-23-12-3-1-8-19(23)17-34-25(38)14-5-6-15-36-27(40)22-11-2-4-13-24(22)37(28(36)41)18-26(39)35-21-10-7-9-20(16-21)29(31,32)33/h1-4,7-13,16H,5-6,14-15,17-18H2,(H,34,38)(H,35,39). The van der Waals surface area contributed by atoms with Crippen molar-refractivity contribution in [2.45, 2.75) is 45.1 Å². The highest BCUT2D eigenvalue weighted by molar-refractivity contribution is 6.31. The van der Waals surface area contributed by atoms with Crippen LogP contribution >= 0.6 is 11.6 Å². The van der Waals surface area contributed by atoms with Gasteiger partial charge in [-0.05, 0) is 54.8 Å². The molecule has 0 aliphatic carbocycles. The minimum Gasteiger partial charge on any atom is -0.352 e. The van der Waals surface area contributed by atoms with Gasteiger partial charge in [-0.3, -0.25) is 23.5 Å². The Kier molecular flexibility index (Phi) is 9.28. The summed E-state index contributed by atoms with van der Waals surface area (Å²) in [5.41, 5.74) is -1.29. The maximum Gasteiger partial charge on any atom is 0.416 e. The van der Waals surface area contributed by atoms with Gasteiger partial charge in [-0.2, -0.15) is 13.2 Å². The Morgan fingerprint density at radius 2 is 1.59 bits per heavy atom. The molecule has 0 saturated carbocycles. The van der Waals surface area contributed by atoms with Crippen molar-refractivity contribution in [3.05, 3.63) is 110 Å². The van der Waals surface area contributed by atoms with E-state index in [0.717, 1.165) is 32.9 Å². The molecule has 4 rings (SSSR count). The second-order valence-corrected chi connectivity index (χ2v) is 9.70. The predicted octanol–water partition coefficient (Wildman–Crippen LogP) is 4.96. The van der Waals surface area contributed by atoms with Gasteiger partial charge in [0.1, 0.15) is 6.54 Å². The van der Waals surface area contributed by atoms with Gasteiger partial charge in [-0.15, -0.1) is 0 Å². The number of alkyl halides is 3. The number of halogens is 4. The van der Waals surface area contributed by atoms with E-state index < -0.39 is 35.4 Å². The Morgan fingerprint density at radius 3 is 2.34 bits per heavy atom. The maximum absolute atomic E-state index is 13.3. The smallest absolute Gasteiger partial charge is 0.352 e. The van der Waals surface area contributed by atoms with Crippen molar-refractivity contribution in [1.82, 2.24) is 14.5 Å². The van der Waals surface area contributed by atoms with Gasteiger partial charge in [0.2, 0.25) is 11.8 Å². The van der Waals surface area contributed by atoms with E-state index in [1.165, 1.54) is 18.2 Å². The van der Waals surface area contributed by atoms with E-state index in [1.807, 2.05) is 6.07 Å². The molecule has 0 unspecified atom stereocenters. The number of nitrogens with zero attached hydrogens (tertiary/aromatic N) is 2. The van der Waals surface area contributed by atoms with Crippen LogP contribution in [0.3, 0.4) is 0 Å². The van der Waals surface area contributed by atoms with Gasteiger partial charge in [-0.25, -0.2) is 4.79 Å². The molecule has 0 saturated heterocycles. The highest BCUT2D eigenvalue weighted by atomic mass is 35.5. The summed E-state index contributed by atoms with van der Waals surface area (Å²) in [5, 5.41) is 5.91. The number of para-hydroxylation sites is 1. The number of benzene rings is 3. The summed E-state index contributed by atoms with van der Waals surface area (Å²) in [4.78, 5) is 51.4. The molecule has 3 aromatic carbocycles. The van der Waals surface area contributed by atoms with Crippen LogP contribution in [-0.4, -0.2) is 20.9 Å². The van der Waals surface area contributed by atoms with Crippen LogP contribution in [0.1, 0.15) is 30.4 Å². The Balaban J connectivity index is 1.44. The molecule has 0 spiro atoms. The largest absolute Gasteiger partial charge is 0.416 e. The molecular weight excluding hydrogens is 561 g/mol. The Morgan fingerprint density at radius 1 is 0.854 bits per heavy atom. The van der Waals surface area contributed by atoms with Crippen LogP contribution in [0.5, 0.6) is 0 Å². The summed E-state index contributed by atoms with van der Waals surface area (Å²) in [6.07, 6.45) is -3.69. The van der Waals surface area contributed by atoms with Gasteiger partial charge < -0.3 is 10.6 Å². The molecule has 0 atom stereocenters. The number of nitrogens with one attached hydrogen (secondary N) is 2. The average molecular weight is 587 g/mol. The van der Waals surface area contributed by atoms with E-state index in [9.17, 15) is 32.3 Å². The zero-order valence-electron chi connectivity index (χ0n) is 21.7. The van der Waals surface area contributed by atoms with Crippen molar-refractivity contribution in [1.29, 1.82) is 0 Å². The van der Waals surface area contributed by atoms with Gasteiger partial charge in [0.15, 0.2) is 0 Å². The van der Waals surface area contributed by atoms with Crippen molar-refractivity contribution in [2.24, 2.45) is 0 Å². The molecule has 0 aliphatic rings. The molecule has 8 nitrogen and oxygen atoms in total. The van der Waals surface area contributed by atoms with Crippen molar-refractivity contribution in [2.75, 3.05) is 5.32 Å². The lowest BCUT2D eigenvalue weighted by Gasteiger charge is -2.15. The van der Waals surface area contributed by atoms with E-state index in [4.69, 9.17) is 11.6 Å². The molecule has 41 heavy (non-hydrogen) atoms. The predicted molar refractivity (Wildman–Crippen MR) is 150 cm³/mol. The molecular formula is C29H26ClF3N4O4. The van der Waals surface area contributed by atoms with E-state index in [-0.39, 0.29) is 42.0 Å². The van der Waals surface area contributed by atoms with E-state index >= 15 is 0 Å². The number of amides is 2. The Hall–Kier alpha value is -4.38. The molecule has 0 radical (unpaired) electrons. The van der Waals surface area contributed by atoms with Gasteiger partial charge >= 0.3 is 11.9 Å². The molecule has 0 aliphatic heterocycles. The fourth-order valence-corrected chi connectivity index (χ4v) is 4.52. The minimum absolute atomic E-state index is 0.00947. The lowest BCUT2D eigenvalue weighted by molar-refractivity contribution is -0.137. The van der Waals surface area contributed by atoms with Gasteiger partial charge in [0.05, 0.1) is 16.5 Å². The first-order valence-corrected chi connectivity index (χ1v) is 13.1. The summed E-state index contributed by atoms with van der Waals surface area (Å²) in [5.74, 6) is -0.948. The molecule has 2 amide bonds. The first-order chi connectivity index (χ1) is 19.5. The van der Waals surface area contributed by atoms with Crippen LogP contribution in [0.2, 0.25) is 5.02 Å². The fraction of sp³-hybridized carbons (Fsp3) is 0.241. The topological polar surface area (TPSA) is 102 Å². The number of carbonyl (C=O) groups excluding carboxylic acids is 2. The van der Waals surface area contributed by atoms with Crippen molar-refractivity contribution in [3.8, 4) is 0 Å². The maximum atomic E-state index is 13.3. The van der Waals surface area contributed by atoms with Crippen molar-refractivity contribution in [3.63, 3.8) is 0 Å². The van der Waals surface area contributed by atoms with Crippen LogP contribution in [0.4, 0.5) is 18.9 Å². The van der Waals surface area contributed by atoms with E-state index in [2.05, 4.69) is 10.6 Å². The molecule has 1 aromatic heterocycles. The minimum atomic E-state index is -4.58. The zero-order valence-corrected chi connectivity index (χ0v) is 22.5. The van der Waals surface area contributed by atoms with Crippen LogP contribution in [0.25, 0.3) is 10.9 Å². The first-order valence-electron chi connectivity index (χ1n) is 12.7. The number of hydrogen-bond acceptors (Lipinski definition) is 4. The third-order valence-electron chi connectivity index (χ3n) is 6.38. The number of anilines is 1. The number of hydrogen-bond donors (Lipinski definition) is 2. The SMILES string of the molecule is O=C(CCCCn1c(=O)c2ccccc2n(CC(=O)Nc2cccc(C(F)(F)F)c2)c1=O)NCc1ccccc1Cl. The summed E-state index contributed by atoms with van der Waals surface area (Å²) in [6.45, 7) is -0.244. The molecule has 214 valence electrons. The second kappa shape index (κ2) is 12.9. The van der Waals surface area contributed by atoms with Crippen molar-refractivity contribution < 1.29 is 22.8 Å². The number of rotatable bonds is 10. The summed E-state index contributed by atoms with van der Waals surface area (Å²) in [6, 6.07) is 17.6. The second-order valence-electron chi connectivity index (χ2n) is 9.29. The third kappa shape index (κ3) is 7.43. The number of aromatic nitrogens is 2. The monoisotopic (exact) mass is 586 g/mol. The number of fused-ring (bicyclic) bond motifs is 1. The van der Waals surface area contributed by atoms with Crippen LogP contribution in [0.15, 0.2) is 82.4 Å². The van der Waals surface area contributed by atoms with Crippen LogP contribution in [0, 0.1) is 0 Å². The van der Waals surface area contributed by atoms with Gasteiger partial charge in [0, 0.05) is 30.2 Å². The summed E-state index contributed by atoms with van der Waals surface area (Å²) >= 11 is 6.10. The highest BCUT2D eigenvalue weighted by Gasteiger charge is 2.30. The highest BCUT2D eigenvalue weighted by Crippen LogP contribution is 2.30. The first kappa shape index (κ1) is 29.6. The van der Waals surface area contributed by atoms with Crippen LogP contribution in [-0.2, 0) is 35.4 Å².